The number of fused-ring (bicyclic) bond motifs is 1. The van der Waals surface area contributed by atoms with Crippen LogP contribution < -0.4 is 4.90 Å². The molecular formula is C26H31ClN2O3. The SMILES string of the molecule is COC(=O)C1CCN(C2CCc3cc(C4CN(c5c(O)cccc5Cl)C4)cc(C)c32)CC1. The van der Waals surface area contributed by atoms with Gasteiger partial charge >= 0.3 is 5.97 Å². The van der Waals surface area contributed by atoms with E-state index in [4.69, 9.17) is 16.3 Å². The van der Waals surface area contributed by atoms with Gasteiger partial charge in [0.05, 0.1) is 23.7 Å². The van der Waals surface area contributed by atoms with Crippen molar-refractivity contribution in [3.8, 4) is 5.75 Å². The molecule has 1 unspecified atom stereocenters. The van der Waals surface area contributed by atoms with Crippen LogP contribution in [0.2, 0.25) is 5.02 Å². The van der Waals surface area contributed by atoms with Crippen LogP contribution in [0.25, 0.3) is 0 Å². The van der Waals surface area contributed by atoms with Crippen LogP contribution in [0.5, 0.6) is 5.75 Å². The Hall–Kier alpha value is -2.24. The summed E-state index contributed by atoms with van der Waals surface area (Å²) in [5, 5.41) is 10.8. The van der Waals surface area contributed by atoms with Crippen LogP contribution in [0.4, 0.5) is 5.69 Å². The minimum absolute atomic E-state index is 0.0553. The number of benzene rings is 2. The summed E-state index contributed by atoms with van der Waals surface area (Å²) in [6.07, 6.45) is 4.06. The minimum atomic E-state index is -0.0584. The summed E-state index contributed by atoms with van der Waals surface area (Å²) >= 11 is 6.33. The standard InChI is InChI=1S/C26H31ClN2O3/c1-16-12-19(20-14-29(15-20)25-21(27)4-3-5-23(25)30)13-18-6-7-22(24(16)18)28-10-8-17(9-11-28)26(31)32-2/h3-5,12-13,17,20,22,30H,6-11,14-15H2,1-2H3. The number of para-hydroxylation sites is 1. The Morgan fingerprint density at radius 1 is 1.16 bits per heavy atom. The van der Waals surface area contributed by atoms with Crippen molar-refractivity contribution in [3.05, 3.63) is 57.6 Å². The zero-order valence-electron chi connectivity index (χ0n) is 18.8. The molecule has 170 valence electrons. The predicted molar refractivity (Wildman–Crippen MR) is 127 cm³/mol. The van der Waals surface area contributed by atoms with Crippen molar-refractivity contribution in [1.29, 1.82) is 0 Å². The smallest absolute Gasteiger partial charge is 0.308 e. The second kappa shape index (κ2) is 8.60. The van der Waals surface area contributed by atoms with Gasteiger partial charge in [0.1, 0.15) is 5.75 Å². The molecule has 0 saturated carbocycles. The molecule has 2 aromatic rings. The van der Waals surface area contributed by atoms with Gasteiger partial charge in [0.15, 0.2) is 0 Å². The van der Waals surface area contributed by atoms with Gasteiger partial charge in [-0.3, -0.25) is 9.69 Å². The number of likely N-dealkylation sites (tertiary alicyclic amines) is 1. The zero-order chi connectivity index (χ0) is 22.4. The number of aromatic hydroxyl groups is 1. The van der Waals surface area contributed by atoms with Crippen molar-refractivity contribution in [3.63, 3.8) is 0 Å². The number of esters is 1. The number of piperidine rings is 1. The molecular weight excluding hydrogens is 424 g/mol. The Balaban J connectivity index is 1.28. The van der Waals surface area contributed by atoms with Crippen molar-refractivity contribution < 1.29 is 14.6 Å². The number of phenols is 1. The van der Waals surface area contributed by atoms with E-state index in [1.807, 2.05) is 6.07 Å². The summed E-state index contributed by atoms with van der Waals surface area (Å²) in [6, 6.07) is 10.6. The second-order valence-corrected chi connectivity index (χ2v) is 9.92. The van der Waals surface area contributed by atoms with Crippen molar-refractivity contribution in [2.45, 2.75) is 44.6 Å². The van der Waals surface area contributed by atoms with Gasteiger partial charge in [0.25, 0.3) is 0 Å². The molecule has 1 N–H and O–H groups in total. The fraction of sp³-hybridized carbons (Fsp3) is 0.500. The van der Waals surface area contributed by atoms with E-state index in [2.05, 4.69) is 28.9 Å². The maximum Gasteiger partial charge on any atom is 0.308 e. The largest absolute Gasteiger partial charge is 0.506 e. The number of ether oxygens (including phenoxy) is 1. The molecule has 32 heavy (non-hydrogen) atoms. The Labute approximate surface area is 194 Å². The first-order chi connectivity index (χ1) is 15.5. The average molecular weight is 455 g/mol. The minimum Gasteiger partial charge on any atom is -0.506 e. The summed E-state index contributed by atoms with van der Waals surface area (Å²) in [5.74, 6) is 0.709. The third-order valence-electron chi connectivity index (χ3n) is 7.65. The topological polar surface area (TPSA) is 53.0 Å². The van der Waals surface area contributed by atoms with E-state index in [1.165, 1.54) is 29.4 Å². The molecule has 2 saturated heterocycles. The molecule has 5 rings (SSSR count). The Kier molecular flexibility index (Phi) is 5.81. The molecule has 2 heterocycles. The van der Waals surface area contributed by atoms with E-state index in [1.54, 1.807) is 12.1 Å². The Morgan fingerprint density at radius 3 is 2.59 bits per heavy atom. The summed E-state index contributed by atoms with van der Waals surface area (Å²) in [5.41, 5.74) is 6.52. The maximum atomic E-state index is 11.9. The summed E-state index contributed by atoms with van der Waals surface area (Å²) in [7, 11) is 1.49. The molecule has 0 bridgehead atoms. The first-order valence-electron chi connectivity index (χ1n) is 11.6. The molecule has 0 spiro atoms. The van der Waals surface area contributed by atoms with Gasteiger partial charge in [-0.1, -0.05) is 29.8 Å². The molecule has 0 radical (unpaired) electrons. The van der Waals surface area contributed by atoms with Crippen molar-refractivity contribution >= 4 is 23.3 Å². The molecule has 2 aromatic carbocycles. The highest BCUT2D eigenvalue weighted by molar-refractivity contribution is 6.33. The molecule has 0 amide bonds. The first-order valence-corrected chi connectivity index (χ1v) is 12.0. The van der Waals surface area contributed by atoms with Crippen molar-refractivity contribution in [1.82, 2.24) is 4.90 Å². The van der Waals surface area contributed by atoms with Gasteiger partial charge < -0.3 is 14.7 Å². The molecule has 3 aliphatic rings. The van der Waals surface area contributed by atoms with E-state index in [9.17, 15) is 9.90 Å². The van der Waals surface area contributed by atoms with Gasteiger partial charge in [-0.15, -0.1) is 0 Å². The zero-order valence-corrected chi connectivity index (χ0v) is 19.6. The number of halogens is 1. The van der Waals surface area contributed by atoms with Crippen LogP contribution in [0.15, 0.2) is 30.3 Å². The van der Waals surface area contributed by atoms with Crippen molar-refractivity contribution in [2.24, 2.45) is 5.92 Å². The van der Waals surface area contributed by atoms with E-state index >= 15 is 0 Å². The molecule has 2 fully saturated rings. The normalized spacial score (nSPS) is 22.0. The van der Waals surface area contributed by atoms with Crippen LogP contribution in [-0.4, -0.2) is 49.3 Å². The molecule has 6 heteroatoms. The highest BCUT2D eigenvalue weighted by Crippen LogP contribution is 2.44. The lowest BCUT2D eigenvalue weighted by Gasteiger charge is -2.42. The molecule has 0 aromatic heterocycles. The Morgan fingerprint density at radius 2 is 1.91 bits per heavy atom. The van der Waals surface area contributed by atoms with Crippen molar-refractivity contribution in [2.75, 3.05) is 38.2 Å². The third-order valence-corrected chi connectivity index (χ3v) is 7.96. The highest BCUT2D eigenvalue weighted by atomic mass is 35.5. The lowest BCUT2D eigenvalue weighted by atomic mass is 9.86. The number of carbonyl (C=O) groups excluding carboxylic acids is 1. The second-order valence-electron chi connectivity index (χ2n) is 9.51. The van der Waals surface area contributed by atoms with Crippen LogP contribution in [0.1, 0.15) is 53.5 Å². The number of carbonyl (C=O) groups is 1. The Bertz CT molecular complexity index is 1010. The number of hydrogen-bond acceptors (Lipinski definition) is 5. The van der Waals surface area contributed by atoms with Crippen LogP contribution in [-0.2, 0) is 16.0 Å². The molecule has 1 atom stereocenters. The number of anilines is 1. The van der Waals surface area contributed by atoms with E-state index < -0.39 is 0 Å². The van der Waals surface area contributed by atoms with Gasteiger partial charge in [0, 0.05) is 25.0 Å². The number of hydrogen-bond donors (Lipinski definition) is 1. The van der Waals surface area contributed by atoms with Crippen LogP contribution in [0.3, 0.4) is 0 Å². The van der Waals surface area contributed by atoms with Crippen LogP contribution in [0, 0.1) is 12.8 Å². The lowest BCUT2D eigenvalue weighted by molar-refractivity contribution is -0.147. The van der Waals surface area contributed by atoms with E-state index in [-0.39, 0.29) is 17.6 Å². The fourth-order valence-electron chi connectivity index (χ4n) is 5.93. The summed E-state index contributed by atoms with van der Waals surface area (Å²) < 4.78 is 4.94. The summed E-state index contributed by atoms with van der Waals surface area (Å²) in [6.45, 7) is 5.92. The van der Waals surface area contributed by atoms with Gasteiger partial charge in [-0.25, -0.2) is 0 Å². The maximum absolute atomic E-state index is 11.9. The van der Waals surface area contributed by atoms with Gasteiger partial charge in [-0.05, 0) is 80.1 Å². The summed E-state index contributed by atoms with van der Waals surface area (Å²) in [4.78, 5) is 16.6. The van der Waals surface area contributed by atoms with E-state index in [0.717, 1.165) is 57.5 Å². The number of nitrogens with zero attached hydrogens (tertiary/aromatic N) is 2. The monoisotopic (exact) mass is 454 g/mol. The molecule has 1 aliphatic carbocycles. The van der Waals surface area contributed by atoms with Gasteiger partial charge in [0.2, 0.25) is 0 Å². The van der Waals surface area contributed by atoms with Crippen LogP contribution >= 0.6 is 11.6 Å². The first kappa shape index (κ1) is 21.6. The molecule has 5 nitrogen and oxygen atoms in total. The highest BCUT2D eigenvalue weighted by Gasteiger charge is 2.36. The molecule has 2 aliphatic heterocycles. The van der Waals surface area contributed by atoms with Gasteiger partial charge in [-0.2, -0.15) is 0 Å². The number of rotatable bonds is 4. The number of methoxy groups -OCH3 is 1. The third kappa shape index (κ3) is 3.75. The number of phenolic OH excluding ortho intramolecular Hbond substituents is 1. The fourth-order valence-corrected chi connectivity index (χ4v) is 6.21. The van der Waals surface area contributed by atoms with E-state index in [0.29, 0.717) is 17.0 Å². The quantitative estimate of drug-likeness (QED) is 0.670. The number of aryl methyl sites for hydroxylation is 2. The average Bonchev–Trinajstić information content (AvgIpc) is 3.19. The predicted octanol–water partition coefficient (Wildman–Crippen LogP) is 4.83. The lowest BCUT2D eigenvalue weighted by Crippen LogP contribution is -2.45.